The number of hydrogen-bond donors (Lipinski definition) is 0. The molecule has 0 saturated carbocycles. The molecule has 0 aliphatic carbocycles. The van der Waals surface area contributed by atoms with E-state index in [0.717, 1.165) is 60.3 Å². The highest BCUT2D eigenvalue weighted by atomic mass is 35.5. The van der Waals surface area contributed by atoms with Gasteiger partial charge in [-0.15, -0.1) is 0 Å². The molecule has 0 unspecified atom stereocenters. The van der Waals surface area contributed by atoms with Gasteiger partial charge in [0.25, 0.3) is 5.91 Å². The molecular formula is C26H26ClN3O3S. The summed E-state index contributed by atoms with van der Waals surface area (Å²) >= 11 is 7.64. The summed E-state index contributed by atoms with van der Waals surface area (Å²) < 4.78 is 12.3. The molecule has 1 aliphatic rings. The van der Waals surface area contributed by atoms with Crippen LogP contribution in [0.25, 0.3) is 21.0 Å². The van der Waals surface area contributed by atoms with Crippen molar-refractivity contribution in [3.05, 3.63) is 65.7 Å². The Balaban J connectivity index is 1.30. The average molecular weight is 496 g/mol. The Bertz CT molecular complexity index is 1290. The molecule has 176 valence electrons. The van der Waals surface area contributed by atoms with Gasteiger partial charge in [0, 0.05) is 31.2 Å². The van der Waals surface area contributed by atoms with Gasteiger partial charge in [-0.25, -0.2) is 4.98 Å². The van der Waals surface area contributed by atoms with E-state index >= 15 is 0 Å². The zero-order valence-corrected chi connectivity index (χ0v) is 20.4. The Labute approximate surface area is 207 Å². The van der Waals surface area contributed by atoms with Crippen LogP contribution in [0.1, 0.15) is 6.42 Å². The predicted octanol–water partition coefficient (Wildman–Crippen LogP) is 5.24. The van der Waals surface area contributed by atoms with Crippen molar-refractivity contribution < 1.29 is 14.3 Å². The van der Waals surface area contributed by atoms with Crippen molar-refractivity contribution in [2.45, 2.75) is 6.42 Å². The number of amides is 1. The lowest BCUT2D eigenvalue weighted by Crippen LogP contribution is -2.40. The first-order valence-corrected chi connectivity index (χ1v) is 12.6. The SMILES string of the molecule is O=C(COc1ccc2ccccc2c1)N(CCCN1CCOCC1)c1nc2ccc(Cl)cc2s1. The second-order valence-electron chi connectivity index (χ2n) is 8.26. The number of hydrogen-bond acceptors (Lipinski definition) is 6. The molecule has 0 N–H and O–H groups in total. The zero-order valence-electron chi connectivity index (χ0n) is 18.8. The van der Waals surface area contributed by atoms with E-state index in [-0.39, 0.29) is 12.5 Å². The van der Waals surface area contributed by atoms with Crippen LogP contribution in [0.4, 0.5) is 5.13 Å². The molecule has 34 heavy (non-hydrogen) atoms. The maximum absolute atomic E-state index is 13.3. The van der Waals surface area contributed by atoms with Crippen molar-refractivity contribution in [3.63, 3.8) is 0 Å². The molecule has 1 amide bonds. The molecule has 0 spiro atoms. The molecule has 5 rings (SSSR count). The third kappa shape index (κ3) is 5.50. The van der Waals surface area contributed by atoms with Crippen LogP contribution < -0.4 is 9.64 Å². The van der Waals surface area contributed by atoms with Gasteiger partial charge in [-0.1, -0.05) is 53.3 Å². The number of benzene rings is 3. The largest absolute Gasteiger partial charge is 0.484 e. The third-order valence-corrected chi connectivity index (χ3v) is 7.19. The van der Waals surface area contributed by atoms with E-state index in [0.29, 0.717) is 22.4 Å². The van der Waals surface area contributed by atoms with Gasteiger partial charge in [-0.05, 0) is 47.5 Å². The van der Waals surface area contributed by atoms with Crippen molar-refractivity contribution in [2.24, 2.45) is 0 Å². The number of ether oxygens (including phenoxy) is 2. The van der Waals surface area contributed by atoms with Crippen LogP contribution in [0.15, 0.2) is 60.7 Å². The summed E-state index contributed by atoms with van der Waals surface area (Å²) in [5.74, 6) is 0.566. The summed E-state index contributed by atoms with van der Waals surface area (Å²) in [6, 6.07) is 19.6. The van der Waals surface area contributed by atoms with Crippen molar-refractivity contribution in [1.29, 1.82) is 0 Å². The Morgan fingerprint density at radius 1 is 1.09 bits per heavy atom. The first-order valence-electron chi connectivity index (χ1n) is 11.4. The Kier molecular flexibility index (Phi) is 7.25. The zero-order chi connectivity index (χ0) is 23.3. The lowest BCUT2D eigenvalue weighted by molar-refractivity contribution is -0.120. The molecule has 2 heterocycles. The number of fused-ring (bicyclic) bond motifs is 2. The smallest absolute Gasteiger partial charge is 0.266 e. The Hall–Kier alpha value is -2.71. The van der Waals surface area contributed by atoms with Gasteiger partial charge in [0.15, 0.2) is 11.7 Å². The summed E-state index contributed by atoms with van der Waals surface area (Å²) in [6.07, 6.45) is 0.846. The highest BCUT2D eigenvalue weighted by Crippen LogP contribution is 2.31. The monoisotopic (exact) mass is 495 g/mol. The lowest BCUT2D eigenvalue weighted by Gasteiger charge is -2.27. The Morgan fingerprint density at radius 2 is 1.91 bits per heavy atom. The van der Waals surface area contributed by atoms with Crippen LogP contribution in [0.5, 0.6) is 5.75 Å². The van der Waals surface area contributed by atoms with Crippen molar-refractivity contribution in [3.8, 4) is 5.75 Å². The molecule has 6 nitrogen and oxygen atoms in total. The highest BCUT2D eigenvalue weighted by molar-refractivity contribution is 7.22. The first kappa shape index (κ1) is 23.1. The summed E-state index contributed by atoms with van der Waals surface area (Å²) in [7, 11) is 0. The van der Waals surface area contributed by atoms with Crippen LogP contribution in [-0.4, -0.2) is 61.8 Å². The minimum absolute atomic E-state index is 0.0490. The molecule has 0 bridgehead atoms. The normalized spacial score (nSPS) is 14.5. The van der Waals surface area contributed by atoms with E-state index < -0.39 is 0 Å². The second-order valence-corrected chi connectivity index (χ2v) is 9.70. The first-order chi connectivity index (χ1) is 16.7. The number of aromatic nitrogens is 1. The summed E-state index contributed by atoms with van der Waals surface area (Å²) in [4.78, 5) is 22.1. The van der Waals surface area contributed by atoms with E-state index in [1.165, 1.54) is 11.3 Å². The van der Waals surface area contributed by atoms with Crippen LogP contribution in [0.2, 0.25) is 5.02 Å². The molecular weight excluding hydrogens is 470 g/mol. The van der Waals surface area contributed by atoms with E-state index in [1.807, 2.05) is 54.6 Å². The van der Waals surface area contributed by atoms with E-state index in [1.54, 1.807) is 4.90 Å². The van der Waals surface area contributed by atoms with E-state index in [2.05, 4.69) is 11.0 Å². The number of nitrogens with zero attached hydrogens (tertiary/aromatic N) is 3. The number of rotatable bonds is 8. The summed E-state index contributed by atoms with van der Waals surface area (Å²) in [5.41, 5.74) is 0.839. The van der Waals surface area contributed by atoms with Crippen molar-refractivity contribution >= 4 is 55.0 Å². The molecule has 1 fully saturated rings. The van der Waals surface area contributed by atoms with Crippen LogP contribution >= 0.6 is 22.9 Å². The minimum Gasteiger partial charge on any atom is -0.484 e. The fraction of sp³-hybridized carbons (Fsp3) is 0.308. The second kappa shape index (κ2) is 10.7. The van der Waals surface area contributed by atoms with Gasteiger partial charge in [-0.3, -0.25) is 14.6 Å². The third-order valence-electron chi connectivity index (χ3n) is 5.91. The molecule has 1 aromatic heterocycles. The van der Waals surface area contributed by atoms with E-state index in [9.17, 15) is 4.79 Å². The molecule has 0 radical (unpaired) electrons. The fourth-order valence-corrected chi connectivity index (χ4v) is 5.37. The van der Waals surface area contributed by atoms with Gasteiger partial charge in [0.2, 0.25) is 0 Å². The number of morpholine rings is 1. The number of halogens is 1. The standard InChI is InChI=1S/C26H26ClN3O3S/c27-21-7-9-23-24(17-21)34-26(28-23)30(11-3-10-29-12-14-32-15-13-29)25(31)18-33-22-8-6-19-4-1-2-5-20(19)16-22/h1-2,4-9,16-17H,3,10-15,18H2. The van der Waals surface area contributed by atoms with Gasteiger partial charge in [-0.2, -0.15) is 0 Å². The quantitative estimate of drug-likeness (QED) is 0.334. The molecule has 4 aromatic rings. The molecule has 8 heteroatoms. The van der Waals surface area contributed by atoms with Gasteiger partial charge < -0.3 is 9.47 Å². The van der Waals surface area contributed by atoms with Gasteiger partial charge in [0.05, 0.1) is 23.4 Å². The van der Waals surface area contributed by atoms with Crippen LogP contribution in [0.3, 0.4) is 0 Å². The van der Waals surface area contributed by atoms with Gasteiger partial charge in [0.1, 0.15) is 5.75 Å². The molecule has 3 aromatic carbocycles. The number of carbonyl (C=O) groups is 1. The molecule has 0 atom stereocenters. The topological polar surface area (TPSA) is 54.9 Å². The van der Waals surface area contributed by atoms with Crippen molar-refractivity contribution in [1.82, 2.24) is 9.88 Å². The highest BCUT2D eigenvalue weighted by Gasteiger charge is 2.21. The fourth-order valence-electron chi connectivity index (χ4n) is 4.09. The summed E-state index contributed by atoms with van der Waals surface area (Å²) in [6.45, 7) is 4.83. The van der Waals surface area contributed by atoms with Crippen LogP contribution in [0, 0.1) is 0 Å². The van der Waals surface area contributed by atoms with Gasteiger partial charge >= 0.3 is 0 Å². The van der Waals surface area contributed by atoms with E-state index in [4.69, 9.17) is 26.1 Å². The lowest BCUT2D eigenvalue weighted by atomic mass is 10.1. The number of anilines is 1. The number of thiazole rings is 1. The maximum atomic E-state index is 13.3. The maximum Gasteiger partial charge on any atom is 0.266 e. The molecule has 1 saturated heterocycles. The predicted molar refractivity (Wildman–Crippen MR) is 138 cm³/mol. The number of carbonyl (C=O) groups excluding carboxylic acids is 1. The molecule has 1 aliphatic heterocycles. The minimum atomic E-state index is -0.111. The average Bonchev–Trinajstić information content (AvgIpc) is 3.28. The summed E-state index contributed by atoms with van der Waals surface area (Å²) in [5, 5.41) is 3.55. The van der Waals surface area contributed by atoms with Crippen LogP contribution in [-0.2, 0) is 9.53 Å². The Morgan fingerprint density at radius 3 is 2.76 bits per heavy atom. The van der Waals surface area contributed by atoms with Crippen molar-refractivity contribution in [2.75, 3.05) is 50.9 Å².